The molecule has 1 aromatic carbocycles. The number of hydrogen-bond acceptors (Lipinski definition) is 4. The van der Waals surface area contributed by atoms with Gasteiger partial charge in [-0.3, -0.25) is 9.59 Å². The topological polar surface area (TPSA) is 69.4 Å². The van der Waals surface area contributed by atoms with Crippen molar-refractivity contribution in [2.75, 3.05) is 6.54 Å². The first-order valence-corrected chi connectivity index (χ1v) is 6.10. The van der Waals surface area contributed by atoms with Gasteiger partial charge in [0.2, 0.25) is 0 Å². The van der Waals surface area contributed by atoms with E-state index >= 15 is 0 Å². The zero-order chi connectivity index (χ0) is 13.5. The Morgan fingerprint density at radius 3 is 2.42 bits per heavy atom. The van der Waals surface area contributed by atoms with Crippen LogP contribution in [0.25, 0.3) is 0 Å². The van der Waals surface area contributed by atoms with Crippen LogP contribution in [0, 0.1) is 0 Å². The van der Waals surface area contributed by atoms with Gasteiger partial charge in [-0.05, 0) is 17.7 Å². The Kier molecular flexibility index (Phi) is 8.76. The Bertz CT molecular complexity index is 452. The average Bonchev–Trinajstić information content (AvgIpc) is 2.37. The van der Waals surface area contributed by atoms with Gasteiger partial charge >= 0.3 is 5.97 Å². The molecule has 0 unspecified atom stereocenters. The molecule has 0 amide bonds. The van der Waals surface area contributed by atoms with Gasteiger partial charge in [-0.2, -0.15) is 0 Å². The second-order valence-corrected chi connectivity index (χ2v) is 4.47. The van der Waals surface area contributed by atoms with Crippen molar-refractivity contribution < 1.29 is 14.3 Å². The molecular weight excluding hydrogens is 312 g/mol. The van der Waals surface area contributed by atoms with E-state index in [2.05, 4.69) is 0 Å². The highest BCUT2D eigenvalue weighted by Crippen LogP contribution is 2.22. The first-order valence-electron chi connectivity index (χ1n) is 5.34. The van der Waals surface area contributed by atoms with E-state index in [-0.39, 0.29) is 44.2 Å². The second-order valence-electron chi connectivity index (χ2n) is 3.65. The molecule has 19 heavy (non-hydrogen) atoms. The quantitative estimate of drug-likeness (QED) is 0.816. The third kappa shape index (κ3) is 6.78. The summed E-state index contributed by atoms with van der Waals surface area (Å²) in [6, 6.07) is 4.97. The summed E-state index contributed by atoms with van der Waals surface area (Å²) in [5.41, 5.74) is 5.86. The third-order valence-corrected chi connectivity index (χ3v) is 2.96. The highest BCUT2D eigenvalue weighted by molar-refractivity contribution is 6.42. The van der Waals surface area contributed by atoms with E-state index in [9.17, 15) is 9.59 Å². The van der Waals surface area contributed by atoms with Gasteiger partial charge in [-0.15, -0.1) is 12.4 Å². The van der Waals surface area contributed by atoms with E-state index in [4.69, 9.17) is 33.7 Å². The largest absolute Gasteiger partial charge is 0.461 e. The van der Waals surface area contributed by atoms with Gasteiger partial charge in [0.25, 0.3) is 0 Å². The van der Waals surface area contributed by atoms with Crippen LogP contribution in [-0.4, -0.2) is 18.3 Å². The molecule has 1 rings (SSSR count). The minimum atomic E-state index is -0.442. The summed E-state index contributed by atoms with van der Waals surface area (Å²) in [6.45, 7) is 0.0482. The molecule has 0 heterocycles. The van der Waals surface area contributed by atoms with E-state index in [0.717, 1.165) is 5.56 Å². The lowest BCUT2D eigenvalue weighted by atomic mass is 10.2. The highest BCUT2D eigenvalue weighted by atomic mass is 35.5. The van der Waals surface area contributed by atoms with E-state index in [1.807, 2.05) is 0 Å². The number of hydrogen-bond donors (Lipinski definition) is 1. The Morgan fingerprint density at radius 1 is 1.16 bits per heavy atom. The fourth-order valence-corrected chi connectivity index (χ4v) is 1.53. The van der Waals surface area contributed by atoms with Crippen LogP contribution >= 0.6 is 35.6 Å². The van der Waals surface area contributed by atoms with E-state index in [1.54, 1.807) is 18.2 Å². The van der Waals surface area contributed by atoms with E-state index in [1.165, 1.54) is 0 Å². The van der Waals surface area contributed by atoms with Crippen molar-refractivity contribution in [2.45, 2.75) is 19.4 Å². The minimum Gasteiger partial charge on any atom is -0.461 e. The Labute approximate surface area is 127 Å². The van der Waals surface area contributed by atoms with Crippen molar-refractivity contribution in [3.05, 3.63) is 33.8 Å². The smallest absolute Gasteiger partial charge is 0.306 e. The number of nitrogens with two attached hydrogens (primary N) is 1. The molecule has 0 spiro atoms. The number of halogens is 3. The highest BCUT2D eigenvalue weighted by Gasteiger charge is 2.07. The molecule has 0 saturated heterocycles. The summed E-state index contributed by atoms with van der Waals surface area (Å²) in [4.78, 5) is 22.2. The number of esters is 1. The average molecular weight is 327 g/mol. The lowest BCUT2D eigenvalue weighted by Gasteiger charge is -2.05. The predicted octanol–water partition coefficient (Wildman–Crippen LogP) is 2.77. The molecule has 0 aliphatic rings. The molecule has 0 aliphatic carbocycles. The fourth-order valence-electron chi connectivity index (χ4n) is 1.21. The van der Waals surface area contributed by atoms with Gasteiger partial charge in [-0.25, -0.2) is 0 Å². The van der Waals surface area contributed by atoms with Crippen LogP contribution < -0.4 is 5.73 Å². The summed E-state index contributed by atoms with van der Waals surface area (Å²) >= 11 is 11.6. The normalized spacial score (nSPS) is 9.63. The van der Waals surface area contributed by atoms with Gasteiger partial charge < -0.3 is 10.5 Å². The van der Waals surface area contributed by atoms with Crippen LogP contribution in [0.15, 0.2) is 18.2 Å². The maximum Gasteiger partial charge on any atom is 0.306 e. The molecule has 0 bridgehead atoms. The monoisotopic (exact) mass is 325 g/mol. The molecule has 4 nitrogen and oxygen atoms in total. The van der Waals surface area contributed by atoms with Crippen molar-refractivity contribution in [1.29, 1.82) is 0 Å². The van der Waals surface area contributed by atoms with Gasteiger partial charge in [0.15, 0.2) is 0 Å². The van der Waals surface area contributed by atoms with Gasteiger partial charge in [-0.1, -0.05) is 29.3 Å². The Balaban J connectivity index is 0.00000324. The second kappa shape index (κ2) is 9.15. The molecule has 0 aliphatic heterocycles. The SMILES string of the molecule is Cl.NCC(=O)CCC(=O)OCc1ccc(Cl)c(Cl)c1. The number of Topliss-reactive ketones (excluding diaryl/α,β-unsaturated/α-hetero) is 1. The molecule has 0 aromatic heterocycles. The van der Waals surface area contributed by atoms with Crippen LogP contribution in [0.1, 0.15) is 18.4 Å². The van der Waals surface area contributed by atoms with Crippen LogP contribution in [-0.2, 0) is 20.9 Å². The van der Waals surface area contributed by atoms with Crippen LogP contribution in [0.4, 0.5) is 0 Å². The first-order chi connectivity index (χ1) is 8.52. The summed E-state index contributed by atoms with van der Waals surface area (Å²) in [5.74, 6) is -0.607. The molecule has 1 aromatic rings. The number of ketones is 1. The van der Waals surface area contributed by atoms with E-state index in [0.29, 0.717) is 10.0 Å². The maximum absolute atomic E-state index is 11.3. The molecular formula is C12H14Cl3NO3. The van der Waals surface area contributed by atoms with E-state index < -0.39 is 5.97 Å². The number of benzene rings is 1. The molecule has 7 heteroatoms. The molecule has 106 valence electrons. The Morgan fingerprint density at radius 2 is 1.84 bits per heavy atom. The Hall–Kier alpha value is -0.810. The lowest BCUT2D eigenvalue weighted by molar-refractivity contribution is -0.146. The van der Waals surface area contributed by atoms with Gasteiger partial charge in [0.05, 0.1) is 23.0 Å². The van der Waals surface area contributed by atoms with Crippen molar-refractivity contribution >= 4 is 47.4 Å². The summed E-state index contributed by atoms with van der Waals surface area (Å²) in [7, 11) is 0. The zero-order valence-electron chi connectivity index (χ0n) is 10.0. The summed E-state index contributed by atoms with van der Waals surface area (Å²) in [6.07, 6.45) is 0.147. The molecule has 0 fully saturated rings. The number of carbonyl (C=O) groups excluding carboxylic acids is 2. The molecule has 2 N–H and O–H groups in total. The number of carbonyl (C=O) groups is 2. The fraction of sp³-hybridized carbons (Fsp3) is 0.333. The predicted molar refractivity (Wildman–Crippen MR) is 76.8 cm³/mol. The van der Waals surface area contributed by atoms with Crippen molar-refractivity contribution in [3.63, 3.8) is 0 Å². The number of ether oxygens (including phenoxy) is 1. The van der Waals surface area contributed by atoms with Crippen molar-refractivity contribution in [1.82, 2.24) is 0 Å². The van der Waals surface area contributed by atoms with Crippen molar-refractivity contribution in [3.8, 4) is 0 Å². The minimum absolute atomic E-state index is 0. The van der Waals surface area contributed by atoms with Gasteiger partial charge in [0.1, 0.15) is 12.4 Å². The summed E-state index contributed by atoms with van der Waals surface area (Å²) < 4.78 is 4.98. The van der Waals surface area contributed by atoms with Crippen LogP contribution in [0.5, 0.6) is 0 Å². The molecule has 0 atom stereocenters. The van der Waals surface area contributed by atoms with Crippen LogP contribution in [0.3, 0.4) is 0 Å². The third-order valence-electron chi connectivity index (χ3n) is 2.22. The maximum atomic E-state index is 11.3. The lowest BCUT2D eigenvalue weighted by Crippen LogP contribution is -2.15. The number of rotatable bonds is 6. The van der Waals surface area contributed by atoms with Crippen LogP contribution in [0.2, 0.25) is 10.0 Å². The van der Waals surface area contributed by atoms with Gasteiger partial charge in [0, 0.05) is 6.42 Å². The first kappa shape index (κ1) is 18.2. The van der Waals surface area contributed by atoms with Crippen molar-refractivity contribution in [2.24, 2.45) is 5.73 Å². The standard InChI is InChI=1S/C12H13Cl2NO3.ClH/c13-10-3-1-8(5-11(10)14)7-18-12(17)4-2-9(16)6-15;/h1,3,5H,2,4,6-7,15H2;1H. The zero-order valence-corrected chi connectivity index (χ0v) is 12.4. The summed E-state index contributed by atoms with van der Waals surface area (Å²) in [5, 5.41) is 0.851. The molecule has 0 saturated carbocycles. The molecule has 0 radical (unpaired) electrons.